The largest absolute Gasteiger partial charge is 0.548 e. The van der Waals surface area contributed by atoms with E-state index in [9.17, 15) is 14.7 Å². The topological polar surface area (TPSA) is 60.4 Å². The lowest BCUT2D eigenvalue weighted by Crippen LogP contribution is -2.42. The van der Waals surface area contributed by atoms with Gasteiger partial charge in [0.25, 0.3) is 5.91 Å². The number of amides is 1. The lowest BCUT2D eigenvalue weighted by Gasteiger charge is -2.29. The normalized spacial score (nSPS) is 11.7. The summed E-state index contributed by atoms with van der Waals surface area (Å²) in [7, 11) is 1.46. The molecule has 0 spiro atoms. The number of benzene rings is 2. The molecule has 0 aliphatic heterocycles. The number of carbonyl (C=O) groups excluding carboxylic acids is 2. The summed E-state index contributed by atoms with van der Waals surface area (Å²) in [6.07, 6.45) is 0. The van der Waals surface area contributed by atoms with E-state index in [4.69, 9.17) is 0 Å². The molecule has 0 N–H and O–H groups in total. The van der Waals surface area contributed by atoms with Crippen LogP contribution in [-0.2, 0) is 4.79 Å². The zero-order chi connectivity index (χ0) is 14.5. The van der Waals surface area contributed by atoms with Crippen LogP contribution in [0.3, 0.4) is 0 Å². The standard InChI is InChI=1S/C16H15NO3/c1-17(15(18)13-10-6-3-7-11-13)14(16(19)20)12-8-4-2-5-9-12/h2-11,14H,1H3,(H,19,20)/p-1/t14-/m1/s1. The Bertz CT molecular complexity index is 596. The van der Waals surface area contributed by atoms with Crippen LogP contribution >= 0.6 is 0 Å². The van der Waals surface area contributed by atoms with E-state index in [0.717, 1.165) is 0 Å². The molecule has 4 nitrogen and oxygen atoms in total. The zero-order valence-corrected chi connectivity index (χ0v) is 11.0. The number of hydrogen-bond acceptors (Lipinski definition) is 3. The average molecular weight is 268 g/mol. The third-order valence-corrected chi connectivity index (χ3v) is 3.07. The molecule has 0 saturated heterocycles. The van der Waals surface area contributed by atoms with Crippen LogP contribution in [0.4, 0.5) is 0 Å². The van der Waals surface area contributed by atoms with Crippen LogP contribution in [0.1, 0.15) is 22.0 Å². The molecule has 0 radical (unpaired) electrons. The van der Waals surface area contributed by atoms with Crippen LogP contribution < -0.4 is 5.11 Å². The Morgan fingerprint density at radius 1 is 0.950 bits per heavy atom. The number of carboxylic acid groups (broad SMARTS) is 1. The number of rotatable bonds is 4. The second-order valence-electron chi connectivity index (χ2n) is 4.41. The molecule has 0 unspecified atom stereocenters. The maximum Gasteiger partial charge on any atom is 0.254 e. The highest BCUT2D eigenvalue weighted by molar-refractivity contribution is 5.96. The van der Waals surface area contributed by atoms with E-state index in [1.807, 2.05) is 0 Å². The highest BCUT2D eigenvalue weighted by Crippen LogP contribution is 2.20. The molecule has 1 atom stereocenters. The SMILES string of the molecule is CN(C(=O)c1ccccc1)[C@@H](C(=O)[O-])c1ccccc1. The average Bonchev–Trinajstić information content (AvgIpc) is 2.48. The minimum absolute atomic E-state index is 0.358. The number of likely N-dealkylation sites (N-methyl/N-ethyl adjacent to an activating group) is 1. The van der Waals surface area contributed by atoms with E-state index in [1.54, 1.807) is 60.7 Å². The van der Waals surface area contributed by atoms with Crippen LogP contribution in [0.5, 0.6) is 0 Å². The van der Waals surface area contributed by atoms with Crippen molar-refractivity contribution in [3.05, 3.63) is 71.8 Å². The van der Waals surface area contributed by atoms with Crippen molar-refractivity contribution < 1.29 is 14.7 Å². The van der Waals surface area contributed by atoms with Gasteiger partial charge in [0.1, 0.15) is 0 Å². The van der Waals surface area contributed by atoms with Crippen LogP contribution in [-0.4, -0.2) is 23.8 Å². The van der Waals surface area contributed by atoms with Gasteiger partial charge in [-0.3, -0.25) is 4.79 Å². The summed E-state index contributed by atoms with van der Waals surface area (Å²) < 4.78 is 0. The van der Waals surface area contributed by atoms with Gasteiger partial charge in [-0.25, -0.2) is 0 Å². The monoisotopic (exact) mass is 268 g/mol. The molecule has 0 aliphatic carbocycles. The predicted molar refractivity (Wildman–Crippen MR) is 72.7 cm³/mol. The van der Waals surface area contributed by atoms with Gasteiger partial charge in [-0.05, 0) is 17.7 Å². The van der Waals surface area contributed by atoms with Crippen molar-refractivity contribution in [3.8, 4) is 0 Å². The molecule has 4 heteroatoms. The molecule has 2 aromatic rings. The number of nitrogens with zero attached hydrogens (tertiary/aromatic N) is 1. The zero-order valence-electron chi connectivity index (χ0n) is 11.0. The summed E-state index contributed by atoms with van der Waals surface area (Å²) in [6.45, 7) is 0. The second-order valence-corrected chi connectivity index (χ2v) is 4.41. The van der Waals surface area contributed by atoms with Gasteiger partial charge >= 0.3 is 0 Å². The van der Waals surface area contributed by atoms with Crippen molar-refractivity contribution in [2.24, 2.45) is 0 Å². The third-order valence-electron chi connectivity index (χ3n) is 3.07. The summed E-state index contributed by atoms with van der Waals surface area (Å²) in [5.41, 5.74) is 0.955. The lowest BCUT2D eigenvalue weighted by atomic mass is 10.0. The van der Waals surface area contributed by atoms with E-state index in [0.29, 0.717) is 11.1 Å². The van der Waals surface area contributed by atoms with Crippen molar-refractivity contribution in [1.29, 1.82) is 0 Å². The molecule has 0 aliphatic rings. The maximum atomic E-state index is 12.3. The molecule has 0 fully saturated rings. The molecule has 20 heavy (non-hydrogen) atoms. The van der Waals surface area contributed by atoms with Crippen LogP contribution in [0.25, 0.3) is 0 Å². The van der Waals surface area contributed by atoms with Gasteiger partial charge in [-0.2, -0.15) is 0 Å². The van der Waals surface area contributed by atoms with Gasteiger partial charge in [0.15, 0.2) is 0 Å². The van der Waals surface area contributed by atoms with Crippen molar-refractivity contribution in [2.45, 2.75) is 6.04 Å². The lowest BCUT2D eigenvalue weighted by molar-refractivity contribution is -0.311. The van der Waals surface area contributed by atoms with Crippen LogP contribution in [0.2, 0.25) is 0 Å². The molecule has 0 saturated carbocycles. The molecule has 1 amide bonds. The highest BCUT2D eigenvalue weighted by atomic mass is 16.4. The van der Waals surface area contributed by atoms with E-state index < -0.39 is 12.0 Å². The number of carboxylic acids is 1. The number of hydrogen-bond donors (Lipinski definition) is 0. The molecular weight excluding hydrogens is 254 g/mol. The quantitative estimate of drug-likeness (QED) is 0.838. The van der Waals surface area contributed by atoms with Crippen molar-refractivity contribution in [2.75, 3.05) is 7.05 Å². The fourth-order valence-electron chi connectivity index (χ4n) is 2.05. The smallest absolute Gasteiger partial charge is 0.254 e. The molecule has 0 bridgehead atoms. The first kappa shape index (κ1) is 13.8. The summed E-state index contributed by atoms with van der Waals surface area (Å²) in [5.74, 6) is -1.66. The Kier molecular flexibility index (Phi) is 4.15. The first-order valence-corrected chi connectivity index (χ1v) is 6.19. The van der Waals surface area contributed by atoms with Crippen molar-refractivity contribution >= 4 is 11.9 Å². The van der Waals surface area contributed by atoms with Crippen LogP contribution in [0, 0.1) is 0 Å². The van der Waals surface area contributed by atoms with E-state index in [1.165, 1.54) is 11.9 Å². The van der Waals surface area contributed by atoms with Gasteiger partial charge in [0.2, 0.25) is 0 Å². The third kappa shape index (κ3) is 2.85. The van der Waals surface area contributed by atoms with Gasteiger partial charge in [0.05, 0.1) is 12.0 Å². The van der Waals surface area contributed by atoms with Crippen LogP contribution in [0.15, 0.2) is 60.7 Å². The molecule has 2 aromatic carbocycles. The summed E-state index contributed by atoms with van der Waals surface area (Å²) in [5, 5.41) is 11.4. The Hall–Kier alpha value is -2.62. The highest BCUT2D eigenvalue weighted by Gasteiger charge is 2.23. The minimum Gasteiger partial charge on any atom is -0.548 e. The second kappa shape index (κ2) is 6.02. The van der Waals surface area contributed by atoms with E-state index in [-0.39, 0.29) is 5.91 Å². The Balaban J connectivity index is 2.31. The molecular formula is C16H14NO3-. The maximum absolute atomic E-state index is 12.3. The first-order valence-electron chi connectivity index (χ1n) is 6.19. The van der Waals surface area contributed by atoms with E-state index >= 15 is 0 Å². The molecule has 102 valence electrons. The van der Waals surface area contributed by atoms with Gasteiger partial charge in [-0.1, -0.05) is 48.5 Å². The van der Waals surface area contributed by atoms with Gasteiger partial charge < -0.3 is 14.8 Å². The fraction of sp³-hybridized carbons (Fsp3) is 0.125. The van der Waals surface area contributed by atoms with E-state index in [2.05, 4.69) is 0 Å². The first-order chi connectivity index (χ1) is 9.61. The number of carbonyl (C=O) groups is 2. The number of aliphatic carboxylic acids is 1. The van der Waals surface area contributed by atoms with Crippen molar-refractivity contribution in [1.82, 2.24) is 4.90 Å². The minimum atomic E-state index is -1.30. The Morgan fingerprint density at radius 3 is 1.95 bits per heavy atom. The molecule has 0 heterocycles. The Labute approximate surface area is 117 Å². The summed E-state index contributed by atoms with van der Waals surface area (Å²) in [4.78, 5) is 24.9. The summed E-state index contributed by atoms with van der Waals surface area (Å²) in [6, 6.07) is 16.0. The molecule has 2 rings (SSSR count). The Morgan fingerprint density at radius 2 is 1.45 bits per heavy atom. The molecule has 0 aromatic heterocycles. The fourth-order valence-corrected chi connectivity index (χ4v) is 2.05. The van der Waals surface area contributed by atoms with Crippen molar-refractivity contribution in [3.63, 3.8) is 0 Å². The van der Waals surface area contributed by atoms with Gasteiger partial charge in [-0.15, -0.1) is 0 Å². The summed E-state index contributed by atoms with van der Waals surface area (Å²) >= 11 is 0. The predicted octanol–water partition coefficient (Wildman–Crippen LogP) is 1.25. The van der Waals surface area contributed by atoms with Gasteiger partial charge in [0, 0.05) is 12.6 Å².